The molecule has 3 heteroatoms. The van der Waals surface area contributed by atoms with Crippen LogP contribution in [0, 0.1) is 11.3 Å². The van der Waals surface area contributed by atoms with E-state index in [1.165, 1.54) is 0 Å². The first-order valence-electron chi connectivity index (χ1n) is 6.12. The lowest BCUT2D eigenvalue weighted by Crippen LogP contribution is -2.20. The van der Waals surface area contributed by atoms with Crippen LogP contribution in [-0.2, 0) is 0 Å². The highest BCUT2D eigenvalue weighted by molar-refractivity contribution is 5.92. The standard InChI is InChI=1S/C15H16N2O/c1-2-17-9-10-18-15-8-7-12(11-16)13-5-3-4-6-14(13)15/h3-8,17H,2,9-10H2,1H3. The van der Waals surface area contributed by atoms with Crippen LogP contribution in [0.15, 0.2) is 36.4 Å². The molecule has 0 aliphatic carbocycles. The van der Waals surface area contributed by atoms with Gasteiger partial charge in [0.1, 0.15) is 12.4 Å². The highest BCUT2D eigenvalue weighted by Crippen LogP contribution is 2.28. The van der Waals surface area contributed by atoms with Gasteiger partial charge in [-0.3, -0.25) is 0 Å². The molecule has 0 atom stereocenters. The van der Waals surface area contributed by atoms with Crippen LogP contribution < -0.4 is 10.1 Å². The SMILES string of the molecule is CCNCCOc1ccc(C#N)c2ccccc12. The summed E-state index contributed by atoms with van der Waals surface area (Å²) in [6, 6.07) is 13.7. The Hall–Kier alpha value is -2.05. The molecule has 3 nitrogen and oxygen atoms in total. The third kappa shape index (κ3) is 2.61. The number of likely N-dealkylation sites (N-methyl/N-ethyl adjacent to an activating group) is 1. The van der Waals surface area contributed by atoms with E-state index in [0.717, 1.165) is 29.6 Å². The summed E-state index contributed by atoms with van der Waals surface area (Å²) < 4.78 is 5.75. The van der Waals surface area contributed by atoms with E-state index in [0.29, 0.717) is 12.2 Å². The Morgan fingerprint density at radius 3 is 2.67 bits per heavy atom. The predicted molar refractivity (Wildman–Crippen MR) is 72.7 cm³/mol. The number of fused-ring (bicyclic) bond motifs is 1. The lowest BCUT2D eigenvalue weighted by atomic mass is 10.0. The van der Waals surface area contributed by atoms with Gasteiger partial charge in [0.25, 0.3) is 0 Å². The lowest BCUT2D eigenvalue weighted by molar-refractivity contribution is 0.319. The van der Waals surface area contributed by atoms with Gasteiger partial charge in [-0.1, -0.05) is 31.2 Å². The molecule has 2 aromatic carbocycles. The second-order valence-corrected chi connectivity index (χ2v) is 3.97. The summed E-state index contributed by atoms with van der Waals surface area (Å²) in [5.41, 5.74) is 0.685. The van der Waals surface area contributed by atoms with Gasteiger partial charge in [0, 0.05) is 17.3 Å². The van der Waals surface area contributed by atoms with Gasteiger partial charge in [-0.05, 0) is 18.7 Å². The van der Waals surface area contributed by atoms with Gasteiger partial charge in [-0.15, -0.1) is 0 Å². The van der Waals surface area contributed by atoms with Gasteiger partial charge in [-0.25, -0.2) is 0 Å². The van der Waals surface area contributed by atoms with Gasteiger partial charge in [-0.2, -0.15) is 5.26 Å². The average molecular weight is 240 g/mol. The summed E-state index contributed by atoms with van der Waals surface area (Å²) in [6.45, 7) is 4.46. The van der Waals surface area contributed by atoms with E-state index in [4.69, 9.17) is 10.00 Å². The molecular formula is C15H16N2O. The number of hydrogen-bond donors (Lipinski definition) is 1. The zero-order valence-corrected chi connectivity index (χ0v) is 10.4. The number of nitriles is 1. The second kappa shape index (κ2) is 6.04. The molecule has 0 bridgehead atoms. The molecule has 18 heavy (non-hydrogen) atoms. The Bertz CT molecular complexity index is 572. The minimum atomic E-state index is 0.629. The van der Waals surface area contributed by atoms with E-state index in [1.54, 1.807) is 0 Å². The molecule has 0 aromatic heterocycles. The first-order chi connectivity index (χ1) is 8.86. The zero-order chi connectivity index (χ0) is 12.8. The van der Waals surface area contributed by atoms with Crippen LogP contribution in [0.3, 0.4) is 0 Å². The van der Waals surface area contributed by atoms with Gasteiger partial charge in [0.2, 0.25) is 0 Å². The Morgan fingerprint density at radius 2 is 1.94 bits per heavy atom. The largest absolute Gasteiger partial charge is 0.492 e. The van der Waals surface area contributed by atoms with E-state index in [-0.39, 0.29) is 0 Å². The second-order valence-electron chi connectivity index (χ2n) is 3.97. The smallest absolute Gasteiger partial charge is 0.127 e. The Balaban J connectivity index is 2.27. The van der Waals surface area contributed by atoms with Crippen molar-refractivity contribution >= 4 is 10.8 Å². The van der Waals surface area contributed by atoms with Crippen molar-refractivity contribution in [2.45, 2.75) is 6.92 Å². The van der Waals surface area contributed by atoms with Crippen LogP contribution in [0.1, 0.15) is 12.5 Å². The molecule has 0 saturated carbocycles. The predicted octanol–water partition coefficient (Wildman–Crippen LogP) is 2.70. The van der Waals surface area contributed by atoms with Gasteiger partial charge in [0.05, 0.1) is 11.6 Å². The number of nitrogens with zero attached hydrogens (tertiary/aromatic N) is 1. The first kappa shape index (κ1) is 12.4. The molecule has 0 heterocycles. The van der Waals surface area contributed by atoms with E-state index in [9.17, 15) is 0 Å². The molecule has 0 amide bonds. The maximum atomic E-state index is 9.07. The van der Waals surface area contributed by atoms with Crippen LogP contribution in [0.5, 0.6) is 5.75 Å². The van der Waals surface area contributed by atoms with Crippen LogP contribution in [0.4, 0.5) is 0 Å². The number of ether oxygens (including phenoxy) is 1. The van der Waals surface area contributed by atoms with Gasteiger partial charge < -0.3 is 10.1 Å². The monoisotopic (exact) mass is 240 g/mol. The highest BCUT2D eigenvalue weighted by Gasteiger charge is 2.05. The molecule has 0 saturated heterocycles. The Labute approximate surface area is 107 Å². The molecule has 1 N–H and O–H groups in total. The van der Waals surface area contributed by atoms with Gasteiger partial charge >= 0.3 is 0 Å². The summed E-state index contributed by atoms with van der Waals surface area (Å²) in [5, 5.41) is 14.2. The van der Waals surface area contributed by atoms with E-state index < -0.39 is 0 Å². The van der Waals surface area contributed by atoms with Crippen molar-refractivity contribution in [1.82, 2.24) is 5.32 Å². The van der Waals surface area contributed by atoms with E-state index >= 15 is 0 Å². The van der Waals surface area contributed by atoms with E-state index in [1.807, 2.05) is 36.4 Å². The summed E-state index contributed by atoms with van der Waals surface area (Å²) >= 11 is 0. The number of benzene rings is 2. The molecule has 0 spiro atoms. The van der Waals surface area contributed by atoms with E-state index in [2.05, 4.69) is 18.3 Å². The fraction of sp³-hybridized carbons (Fsp3) is 0.267. The van der Waals surface area contributed by atoms with Crippen LogP contribution in [-0.4, -0.2) is 19.7 Å². The maximum Gasteiger partial charge on any atom is 0.127 e. The van der Waals surface area contributed by atoms with Crippen molar-refractivity contribution in [2.24, 2.45) is 0 Å². The van der Waals surface area contributed by atoms with Gasteiger partial charge in [0.15, 0.2) is 0 Å². The van der Waals surface area contributed by atoms with Crippen molar-refractivity contribution in [2.75, 3.05) is 19.7 Å². The minimum Gasteiger partial charge on any atom is -0.492 e. The minimum absolute atomic E-state index is 0.629. The maximum absolute atomic E-state index is 9.07. The van der Waals surface area contributed by atoms with Crippen molar-refractivity contribution in [3.05, 3.63) is 42.0 Å². The third-order valence-corrected chi connectivity index (χ3v) is 2.79. The number of nitrogens with one attached hydrogen (secondary N) is 1. The topological polar surface area (TPSA) is 45.0 Å². The summed E-state index contributed by atoms with van der Waals surface area (Å²) in [5.74, 6) is 0.836. The fourth-order valence-electron chi connectivity index (χ4n) is 1.90. The number of rotatable bonds is 5. The summed E-state index contributed by atoms with van der Waals surface area (Å²) in [7, 11) is 0. The molecular weight excluding hydrogens is 224 g/mol. The Morgan fingerprint density at radius 1 is 1.17 bits per heavy atom. The van der Waals surface area contributed by atoms with Crippen molar-refractivity contribution in [3.63, 3.8) is 0 Å². The summed E-state index contributed by atoms with van der Waals surface area (Å²) in [4.78, 5) is 0. The molecule has 2 aromatic rings. The fourth-order valence-corrected chi connectivity index (χ4v) is 1.90. The highest BCUT2D eigenvalue weighted by atomic mass is 16.5. The normalized spacial score (nSPS) is 10.2. The molecule has 92 valence electrons. The quantitative estimate of drug-likeness (QED) is 0.817. The third-order valence-electron chi connectivity index (χ3n) is 2.79. The average Bonchev–Trinajstić information content (AvgIpc) is 2.43. The van der Waals surface area contributed by atoms with Crippen LogP contribution >= 0.6 is 0 Å². The molecule has 2 rings (SSSR count). The molecule has 0 unspecified atom stereocenters. The summed E-state index contributed by atoms with van der Waals surface area (Å²) in [6.07, 6.45) is 0. The first-order valence-corrected chi connectivity index (χ1v) is 6.12. The zero-order valence-electron chi connectivity index (χ0n) is 10.4. The van der Waals surface area contributed by atoms with Crippen LogP contribution in [0.25, 0.3) is 10.8 Å². The molecule has 0 radical (unpaired) electrons. The lowest BCUT2D eigenvalue weighted by Gasteiger charge is -2.10. The van der Waals surface area contributed by atoms with Crippen molar-refractivity contribution < 1.29 is 4.74 Å². The molecule has 0 fully saturated rings. The Kier molecular flexibility index (Phi) is 4.16. The van der Waals surface area contributed by atoms with Crippen molar-refractivity contribution in [3.8, 4) is 11.8 Å². The number of hydrogen-bond acceptors (Lipinski definition) is 3. The molecule has 0 aliphatic heterocycles. The van der Waals surface area contributed by atoms with Crippen molar-refractivity contribution in [1.29, 1.82) is 5.26 Å². The van der Waals surface area contributed by atoms with Crippen LogP contribution in [0.2, 0.25) is 0 Å². The molecule has 0 aliphatic rings.